The van der Waals surface area contributed by atoms with E-state index in [1.54, 1.807) is 0 Å². The molecule has 0 unspecified atom stereocenters. The quantitative estimate of drug-likeness (QED) is 0.465. The Morgan fingerprint density at radius 1 is 0.957 bits per heavy atom. The molecule has 0 amide bonds. The van der Waals surface area contributed by atoms with E-state index < -0.39 is 42.0 Å². The van der Waals surface area contributed by atoms with Gasteiger partial charge in [-0.15, -0.1) is 0 Å². The molecule has 10 heteroatoms. The number of hydrogen-bond acceptors (Lipinski definition) is 7. The van der Waals surface area contributed by atoms with E-state index in [2.05, 4.69) is 0 Å². The van der Waals surface area contributed by atoms with Crippen molar-refractivity contribution < 1.29 is 22.4 Å². The molecular formula is C13H10N2O7S. The van der Waals surface area contributed by atoms with Crippen LogP contribution in [0.3, 0.4) is 0 Å². The number of rotatable bonds is 5. The maximum Gasteiger partial charge on any atom is 0.339 e. The van der Waals surface area contributed by atoms with Crippen LogP contribution in [-0.4, -0.2) is 18.3 Å². The zero-order valence-corrected chi connectivity index (χ0v) is 12.5. The van der Waals surface area contributed by atoms with Crippen LogP contribution < -0.4 is 4.18 Å². The average molecular weight is 338 g/mol. The molecule has 0 aliphatic carbocycles. The summed E-state index contributed by atoms with van der Waals surface area (Å²) in [6.07, 6.45) is 0. The Balaban J connectivity index is 2.47. The number of para-hydroxylation sites is 2. The predicted octanol–water partition coefficient (Wildman–Crippen LogP) is 2.58. The van der Waals surface area contributed by atoms with Crippen LogP contribution in [-0.2, 0) is 10.1 Å². The minimum atomic E-state index is -4.45. The highest BCUT2D eigenvalue weighted by Crippen LogP contribution is 2.30. The third kappa shape index (κ3) is 3.43. The highest BCUT2D eigenvalue weighted by atomic mass is 32.2. The second kappa shape index (κ2) is 6.01. The molecule has 0 radical (unpaired) electrons. The fraction of sp³-hybridized carbons (Fsp3) is 0.0769. The van der Waals surface area contributed by atoms with Crippen LogP contribution in [0.2, 0.25) is 0 Å². The van der Waals surface area contributed by atoms with Crippen molar-refractivity contribution in [3.63, 3.8) is 0 Å². The van der Waals surface area contributed by atoms with E-state index >= 15 is 0 Å². The fourth-order valence-electron chi connectivity index (χ4n) is 1.79. The first kappa shape index (κ1) is 16.4. The van der Waals surface area contributed by atoms with Crippen molar-refractivity contribution in [2.24, 2.45) is 0 Å². The molecule has 120 valence electrons. The van der Waals surface area contributed by atoms with Gasteiger partial charge in [0.25, 0.3) is 5.69 Å². The first-order valence-corrected chi connectivity index (χ1v) is 7.56. The van der Waals surface area contributed by atoms with Gasteiger partial charge in [0.05, 0.1) is 9.85 Å². The van der Waals surface area contributed by atoms with Gasteiger partial charge in [-0.2, -0.15) is 8.42 Å². The number of hydrogen-bond donors (Lipinski definition) is 0. The number of aryl methyl sites for hydroxylation is 1. The number of nitrogens with zero attached hydrogens (tertiary/aromatic N) is 2. The van der Waals surface area contributed by atoms with Gasteiger partial charge in [-0.1, -0.05) is 18.2 Å². The predicted molar refractivity (Wildman–Crippen MR) is 78.7 cm³/mol. The summed E-state index contributed by atoms with van der Waals surface area (Å²) < 4.78 is 29.2. The lowest BCUT2D eigenvalue weighted by Gasteiger charge is -2.07. The summed E-state index contributed by atoms with van der Waals surface area (Å²) >= 11 is 0. The van der Waals surface area contributed by atoms with E-state index in [0.29, 0.717) is 0 Å². The van der Waals surface area contributed by atoms with Crippen molar-refractivity contribution in [3.8, 4) is 5.75 Å². The molecule has 0 atom stereocenters. The van der Waals surface area contributed by atoms with Crippen LogP contribution >= 0.6 is 0 Å². The number of nitro groups is 2. The monoisotopic (exact) mass is 338 g/mol. The van der Waals surface area contributed by atoms with Crippen molar-refractivity contribution in [1.82, 2.24) is 0 Å². The van der Waals surface area contributed by atoms with Crippen molar-refractivity contribution >= 4 is 21.5 Å². The lowest BCUT2D eigenvalue weighted by Crippen LogP contribution is -2.11. The Morgan fingerprint density at radius 2 is 1.57 bits per heavy atom. The smallest absolute Gasteiger partial charge is 0.339 e. The van der Waals surface area contributed by atoms with Crippen LogP contribution in [0.25, 0.3) is 0 Å². The van der Waals surface area contributed by atoms with E-state index in [0.717, 1.165) is 24.3 Å². The van der Waals surface area contributed by atoms with Gasteiger partial charge in [0.2, 0.25) is 5.75 Å². The summed E-state index contributed by atoms with van der Waals surface area (Å²) in [5, 5.41) is 21.8. The Labute approximate surface area is 130 Å². The van der Waals surface area contributed by atoms with Crippen LogP contribution in [0.15, 0.2) is 47.4 Å². The van der Waals surface area contributed by atoms with Crippen LogP contribution in [0.5, 0.6) is 5.75 Å². The van der Waals surface area contributed by atoms with Crippen LogP contribution in [0, 0.1) is 27.2 Å². The highest BCUT2D eigenvalue weighted by molar-refractivity contribution is 7.87. The zero-order chi connectivity index (χ0) is 17.2. The van der Waals surface area contributed by atoms with E-state index in [1.807, 2.05) is 0 Å². The summed E-state index contributed by atoms with van der Waals surface area (Å²) in [6, 6.07) is 8.17. The number of benzene rings is 2. The van der Waals surface area contributed by atoms with Gasteiger partial charge < -0.3 is 4.18 Å². The van der Waals surface area contributed by atoms with Crippen LogP contribution in [0.1, 0.15) is 5.56 Å². The third-order valence-electron chi connectivity index (χ3n) is 2.93. The topological polar surface area (TPSA) is 130 Å². The first-order chi connectivity index (χ1) is 10.7. The van der Waals surface area contributed by atoms with Gasteiger partial charge >= 0.3 is 15.8 Å². The summed E-state index contributed by atoms with van der Waals surface area (Å²) in [7, 11) is -4.45. The van der Waals surface area contributed by atoms with Gasteiger partial charge in [0, 0.05) is 17.7 Å². The van der Waals surface area contributed by atoms with E-state index in [1.165, 1.54) is 25.1 Å². The molecule has 2 rings (SSSR count). The molecule has 0 aliphatic rings. The molecule has 2 aromatic rings. The van der Waals surface area contributed by atoms with Gasteiger partial charge in [0.1, 0.15) is 4.90 Å². The normalized spacial score (nSPS) is 11.0. The first-order valence-electron chi connectivity index (χ1n) is 6.15. The molecule has 0 fully saturated rings. The van der Waals surface area contributed by atoms with Gasteiger partial charge in [-0.25, -0.2) is 0 Å². The molecule has 0 bridgehead atoms. The van der Waals surface area contributed by atoms with Gasteiger partial charge in [0.15, 0.2) is 0 Å². The highest BCUT2D eigenvalue weighted by Gasteiger charge is 2.25. The maximum atomic E-state index is 12.2. The Morgan fingerprint density at radius 3 is 2.17 bits per heavy atom. The summed E-state index contributed by atoms with van der Waals surface area (Å²) in [5.41, 5.74) is -0.644. The zero-order valence-electron chi connectivity index (χ0n) is 11.7. The Bertz CT molecular complexity index is 893. The average Bonchev–Trinajstić information content (AvgIpc) is 2.47. The third-order valence-corrected chi connectivity index (χ3v) is 4.16. The second-order valence-corrected chi connectivity index (χ2v) is 6.01. The van der Waals surface area contributed by atoms with E-state index in [9.17, 15) is 28.6 Å². The molecular weight excluding hydrogens is 328 g/mol. The fourth-order valence-corrected chi connectivity index (χ4v) is 2.75. The van der Waals surface area contributed by atoms with Crippen molar-refractivity contribution in [1.29, 1.82) is 0 Å². The molecule has 0 N–H and O–H groups in total. The van der Waals surface area contributed by atoms with Crippen molar-refractivity contribution in [3.05, 3.63) is 68.3 Å². The van der Waals surface area contributed by atoms with Gasteiger partial charge in [-0.05, 0) is 19.1 Å². The van der Waals surface area contributed by atoms with E-state index in [-0.39, 0.29) is 5.56 Å². The molecule has 2 aromatic carbocycles. The SMILES string of the molecule is Cc1ccc(S(=O)(=O)Oc2ccccc2[N+](=O)[O-])cc1[N+](=O)[O-]. The maximum absolute atomic E-state index is 12.2. The number of nitro benzene ring substituents is 2. The minimum Gasteiger partial charge on any atom is -0.372 e. The molecule has 23 heavy (non-hydrogen) atoms. The van der Waals surface area contributed by atoms with Crippen LogP contribution in [0.4, 0.5) is 11.4 Å². The summed E-state index contributed by atoms with van der Waals surface area (Å²) in [5.74, 6) is -0.472. The largest absolute Gasteiger partial charge is 0.372 e. The van der Waals surface area contributed by atoms with Crippen molar-refractivity contribution in [2.75, 3.05) is 0 Å². The minimum absolute atomic E-state index is 0.277. The molecule has 0 aromatic heterocycles. The van der Waals surface area contributed by atoms with Crippen molar-refractivity contribution in [2.45, 2.75) is 11.8 Å². The second-order valence-electron chi connectivity index (χ2n) is 4.47. The molecule has 9 nitrogen and oxygen atoms in total. The Hall–Kier alpha value is -3.01. The lowest BCUT2D eigenvalue weighted by molar-refractivity contribution is -0.385. The summed E-state index contributed by atoms with van der Waals surface area (Å²) in [6.45, 7) is 1.46. The molecule has 0 saturated heterocycles. The standard InChI is InChI=1S/C13H10N2O7S/c1-9-6-7-10(8-12(9)15(18)19)23(20,21)22-13-5-3-2-4-11(13)14(16)17/h2-8H,1H3. The lowest BCUT2D eigenvalue weighted by atomic mass is 10.2. The van der Waals surface area contributed by atoms with Gasteiger partial charge in [-0.3, -0.25) is 20.2 Å². The van der Waals surface area contributed by atoms with E-state index in [4.69, 9.17) is 4.18 Å². The summed E-state index contributed by atoms with van der Waals surface area (Å²) in [4.78, 5) is 19.8. The molecule has 0 heterocycles. The molecule has 0 spiro atoms. The molecule has 0 aliphatic heterocycles. The molecule has 0 saturated carbocycles. The Kier molecular flexibility index (Phi) is 4.27.